The minimum absolute atomic E-state index is 1.07. The predicted molar refractivity (Wildman–Crippen MR) is 183 cm³/mol. The SMILES string of the molecule is c1cc(-c2ccc(Nc3ccc(-c4ccc5c(c4)sc4ccccc45)cc3)cc2)cc(-c2ccc3ccccc3c2)c1. The Morgan fingerprint density at radius 2 is 0.881 bits per heavy atom. The lowest BCUT2D eigenvalue weighted by Gasteiger charge is -2.10. The number of nitrogens with one attached hydrogen (secondary N) is 1. The zero-order chi connectivity index (χ0) is 27.9. The van der Waals surface area contributed by atoms with Gasteiger partial charge in [-0.05, 0) is 92.7 Å². The Labute approximate surface area is 249 Å². The van der Waals surface area contributed by atoms with E-state index in [1.807, 2.05) is 11.3 Å². The molecule has 0 amide bonds. The Balaban J connectivity index is 0.995. The Morgan fingerprint density at radius 1 is 0.333 bits per heavy atom. The summed E-state index contributed by atoms with van der Waals surface area (Å²) in [6.07, 6.45) is 0. The molecule has 2 heteroatoms. The Kier molecular flexibility index (Phi) is 6.05. The summed E-state index contributed by atoms with van der Waals surface area (Å²) in [6.45, 7) is 0. The first kappa shape index (κ1) is 24.6. The van der Waals surface area contributed by atoms with E-state index in [9.17, 15) is 0 Å². The quantitative estimate of drug-likeness (QED) is 0.223. The van der Waals surface area contributed by atoms with Crippen molar-refractivity contribution in [2.24, 2.45) is 0 Å². The van der Waals surface area contributed by atoms with Crippen LogP contribution in [0.1, 0.15) is 0 Å². The Morgan fingerprint density at radius 3 is 1.64 bits per heavy atom. The standard InChI is InChI=1S/C40H27NS/c1-2-7-30-25-33(13-12-27(30)6-1)32-9-5-8-31(24-32)28-14-19-35(20-15-28)41-36-21-16-29(17-22-36)34-18-23-38-37-10-3-4-11-39(37)42-40(38)26-34/h1-26,41H. The number of fused-ring (bicyclic) bond motifs is 4. The highest BCUT2D eigenvalue weighted by molar-refractivity contribution is 7.25. The molecule has 0 bridgehead atoms. The van der Waals surface area contributed by atoms with Crippen LogP contribution >= 0.6 is 11.3 Å². The smallest absolute Gasteiger partial charge is 0.0384 e. The van der Waals surface area contributed by atoms with Gasteiger partial charge in [-0.15, -0.1) is 11.3 Å². The number of benzene rings is 7. The molecular weight excluding hydrogens is 527 g/mol. The van der Waals surface area contributed by atoms with E-state index in [1.54, 1.807) is 0 Å². The molecule has 1 aromatic heterocycles. The van der Waals surface area contributed by atoms with Gasteiger partial charge in [0.1, 0.15) is 0 Å². The van der Waals surface area contributed by atoms with Crippen LogP contribution in [0.5, 0.6) is 0 Å². The first-order valence-electron chi connectivity index (χ1n) is 14.3. The van der Waals surface area contributed by atoms with E-state index < -0.39 is 0 Å². The minimum atomic E-state index is 1.07. The number of rotatable bonds is 5. The van der Waals surface area contributed by atoms with E-state index in [2.05, 4.69) is 163 Å². The lowest BCUT2D eigenvalue weighted by molar-refractivity contribution is 1.53. The van der Waals surface area contributed by atoms with E-state index in [0.29, 0.717) is 0 Å². The fraction of sp³-hybridized carbons (Fsp3) is 0. The van der Waals surface area contributed by atoms with Gasteiger partial charge in [0.15, 0.2) is 0 Å². The molecule has 0 aliphatic carbocycles. The Bertz CT molecular complexity index is 2210. The summed E-state index contributed by atoms with van der Waals surface area (Å²) in [4.78, 5) is 0. The van der Waals surface area contributed by atoms with Crippen molar-refractivity contribution in [1.29, 1.82) is 0 Å². The first-order valence-corrected chi connectivity index (χ1v) is 15.1. The molecule has 8 rings (SSSR count). The first-order chi connectivity index (χ1) is 20.8. The second-order valence-corrected chi connectivity index (χ2v) is 11.8. The molecule has 0 radical (unpaired) electrons. The molecule has 0 atom stereocenters. The van der Waals surface area contributed by atoms with Crippen LogP contribution in [0.15, 0.2) is 158 Å². The number of hydrogen-bond acceptors (Lipinski definition) is 2. The van der Waals surface area contributed by atoms with Crippen molar-refractivity contribution in [3.8, 4) is 33.4 Å². The molecule has 0 aliphatic rings. The summed E-state index contributed by atoms with van der Waals surface area (Å²) < 4.78 is 2.67. The third-order valence-corrected chi connectivity index (χ3v) is 9.18. The molecule has 1 heterocycles. The van der Waals surface area contributed by atoms with Gasteiger partial charge in [0.05, 0.1) is 0 Å². The van der Waals surface area contributed by atoms with Gasteiger partial charge in [0.2, 0.25) is 0 Å². The summed E-state index contributed by atoms with van der Waals surface area (Å²) in [7, 11) is 0. The van der Waals surface area contributed by atoms with Crippen LogP contribution in [0.3, 0.4) is 0 Å². The highest BCUT2D eigenvalue weighted by Crippen LogP contribution is 2.36. The van der Waals surface area contributed by atoms with Crippen LogP contribution in [0.2, 0.25) is 0 Å². The maximum absolute atomic E-state index is 3.56. The second kappa shape index (κ2) is 10.3. The number of anilines is 2. The topological polar surface area (TPSA) is 12.0 Å². The maximum Gasteiger partial charge on any atom is 0.0384 e. The van der Waals surface area contributed by atoms with Crippen LogP contribution in [0, 0.1) is 0 Å². The highest BCUT2D eigenvalue weighted by atomic mass is 32.1. The fourth-order valence-electron chi connectivity index (χ4n) is 5.81. The van der Waals surface area contributed by atoms with Gasteiger partial charge < -0.3 is 5.32 Å². The van der Waals surface area contributed by atoms with Gasteiger partial charge in [-0.2, -0.15) is 0 Å². The summed E-state index contributed by atoms with van der Waals surface area (Å²) in [5.74, 6) is 0. The van der Waals surface area contributed by atoms with Crippen molar-refractivity contribution in [2.45, 2.75) is 0 Å². The second-order valence-electron chi connectivity index (χ2n) is 10.7. The summed E-state index contributed by atoms with van der Waals surface area (Å²) >= 11 is 1.86. The fourth-order valence-corrected chi connectivity index (χ4v) is 6.96. The molecule has 1 N–H and O–H groups in total. The predicted octanol–water partition coefficient (Wildman–Crippen LogP) is 12.0. The van der Waals surface area contributed by atoms with Crippen LogP contribution in [-0.2, 0) is 0 Å². The highest BCUT2D eigenvalue weighted by Gasteiger charge is 2.07. The molecule has 42 heavy (non-hydrogen) atoms. The maximum atomic E-state index is 3.56. The zero-order valence-electron chi connectivity index (χ0n) is 22.9. The average molecular weight is 554 g/mol. The number of hydrogen-bond donors (Lipinski definition) is 1. The van der Waals surface area contributed by atoms with Crippen molar-refractivity contribution in [3.63, 3.8) is 0 Å². The zero-order valence-corrected chi connectivity index (χ0v) is 23.7. The van der Waals surface area contributed by atoms with Gasteiger partial charge in [-0.1, -0.05) is 109 Å². The molecule has 8 aromatic rings. The lowest BCUT2D eigenvalue weighted by atomic mass is 9.97. The van der Waals surface area contributed by atoms with E-state index in [1.165, 1.54) is 64.3 Å². The normalized spacial score (nSPS) is 11.3. The van der Waals surface area contributed by atoms with E-state index in [4.69, 9.17) is 0 Å². The van der Waals surface area contributed by atoms with Gasteiger partial charge in [-0.3, -0.25) is 0 Å². The molecule has 0 fully saturated rings. The molecule has 1 nitrogen and oxygen atoms in total. The van der Waals surface area contributed by atoms with Gasteiger partial charge in [-0.25, -0.2) is 0 Å². The van der Waals surface area contributed by atoms with Gasteiger partial charge in [0, 0.05) is 31.5 Å². The van der Waals surface area contributed by atoms with Crippen LogP contribution in [-0.4, -0.2) is 0 Å². The van der Waals surface area contributed by atoms with Gasteiger partial charge >= 0.3 is 0 Å². The lowest BCUT2D eigenvalue weighted by Crippen LogP contribution is -1.90. The van der Waals surface area contributed by atoms with E-state index >= 15 is 0 Å². The molecule has 0 saturated carbocycles. The van der Waals surface area contributed by atoms with Crippen molar-refractivity contribution in [3.05, 3.63) is 158 Å². The van der Waals surface area contributed by atoms with E-state index in [0.717, 1.165) is 11.4 Å². The molecule has 7 aromatic carbocycles. The molecule has 198 valence electrons. The molecular formula is C40H27NS. The van der Waals surface area contributed by atoms with Crippen molar-refractivity contribution >= 4 is 53.7 Å². The van der Waals surface area contributed by atoms with Gasteiger partial charge in [0.25, 0.3) is 0 Å². The van der Waals surface area contributed by atoms with Crippen molar-refractivity contribution < 1.29 is 0 Å². The van der Waals surface area contributed by atoms with Crippen LogP contribution in [0.25, 0.3) is 64.3 Å². The molecule has 0 aliphatic heterocycles. The third-order valence-electron chi connectivity index (χ3n) is 8.05. The third kappa shape index (κ3) is 4.62. The van der Waals surface area contributed by atoms with E-state index in [-0.39, 0.29) is 0 Å². The molecule has 0 unspecified atom stereocenters. The van der Waals surface area contributed by atoms with Crippen LogP contribution in [0.4, 0.5) is 11.4 Å². The summed E-state index contributed by atoms with van der Waals surface area (Å²) in [5.41, 5.74) is 9.50. The summed E-state index contributed by atoms with van der Waals surface area (Å²) in [6, 6.07) is 56.9. The average Bonchev–Trinajstić information content (AvgIpc) is 3.43. The molecule has 0 saturated heterocycles. The monoisotopic (exact) mass is 553 g/mol. The minimum Gasteiger partial charge on any atom is -0.356 e. The Hall–Kier alpha value is -5.18. The van der Waals surface area contributed by atoms with Crippen LogP contribution < -0.4 is 5.32 Å². The largest absolute Gasteiger partial charge is 0.356 e. The summed E-state index contributed by atoms with van der Waals surface area (Å²) in [5, 5.41) is 8.77. The number of thiophene rings is 1. The molecule has 0 spiro atoms. The van der Waals surface area contributed by atoms with Crippen molar-refractivity contribution in [2.75, 3.05) is 5.32 Å². The van der Waals surface area contributed by atoms with Crippen molar-refractivity contribution in [1.82, 2.24) is 0 Å².